The summed E-state index contributed by atoms with van der Waals surface area (Å²) in [4.78, 5) is 3.94. The van der Waals surface area contributed by atoms with Crippen molar-refractivity contribution >= 4 is 20.9 Å². The SMILES string of the molecule is N#CCS(=O)(=O)c1ccc2ncoc2c1. The number of benzene rings is 1. The predicted octanol–water partition coefficient (Wildman–Crippen LogP) is 1.13. The molecule has 0 aliphatic heterocycles. The number of nitrogens with zero attached hydrogens (tertiary/aromatic N) is 2. The van der Waals surface area contributed by atoms with Gasteiger partial charge >= 0.3 is 0 Å². The molecule has 0 spiro atoms. The van der Waals surface area contributed by atoms with Crippen LogP contribution in [0.5, 0.6) is 0 Å². The number of rotatable bonds is 2. The molecule has 0 amide bonds. The Morgan fingerprint density at radius 1 is 1.47 bits per heavy atom. The number of hydrogen-bond acceptors (Lipinski definition) is 5. The fraction of sp³-hybridized carbons (Fsp3) is 0.111. The van der Waals surface area contributed by atoms with Gasteiger partial charge < -0.3 is 4.42 Å². The Labute approximate surface area is 85.9 Å². The quantitative estimate of drug-likeness (QED) is 0.760. The first-order chi connectivity index (χ1) is 7.13. The van der Waals surface area contributed by atoms with Gasteiger partial charge in [-0.05, 0) is 12.1 Å². The first-order valence-electron chi connectivity index (χ1n) is 4.06. The Kier molecular flexibility index (Phi) is 2.17. The second-order valence-electron chi connectivity index (χ2n) is 2.90. The van der Waals surface area contributed by atoms with Crippen LogP contribution in [0, 0.1) is 11.3 Å². The van der Waals surface area contributed by atoms with Crippen LogP contribution in [0.25, 0.3) is 11.1 Å². The molecule has 0 saturated carbocycles. The molecule has 1 aromatic carbocycles. The summed E-state index contributed by atoms with van der Waals surface area (Å²) in [6.45, 7) is 0. The topological polar surface area (TPSA) is 84.0 Å². The van der Waals surface area contributed by atoms with Gasteiger partial charge in [0.2, 0.25) is 0 Å². The van der Waals surface area contributed by atoms with Crippen LogP contribution < -0.4 is 0 Å². The first kappa shape index (κ1) is 9.68. The van der Waals surface area contributed by atoms with Crippen molar-refractivity contribution in [3.63, 3.8) is 0 Å². The highest BCUT2D eigenvalue weighted by Gasteiger charge is 2.15. The van der Waals surface area contributed by atoms with Gasteiger partial charge in [-0.25, -0.2) is 13.4 Å². The minimum absolute atomic E-state index is 0.0771. The zero-order valence-electron chi connectivity index (χ0n) is 7.54. The van der Waals surface area contributed by atoms with Crippen LogP contribution in [0.15, 0.2) is 33.9 Å². The number of sulfone groups is 1. The standard InChI is InChI=1S/C9H6N2O3S/c10-3-4-15(12,13)7-1-2-8-9(5-7)14-6-11-8/h1-2,5-6H,4H2. The Hall–Kier alpha value is -1.87. The molecule has 0 bridgehead atoms. The molecule has 2 rings (SSSR count). The van der Waals surface area contributed by atoms with Crippen molar-refractivity contribution in [2.24, 2.45) is 0 Å². The Morgan fingerprint density at radius 2 is 2.27 bits per heavy atom. The van der Waals surface area contributed by atoms with Crippen LogP contribution in [0.3, 0.4) is 0 Å². The van der Waals surface area contributed by atoms with Gasteiger partial charge in [0, 0.05) is 6.07 Å². The maximum absolute atomic E-state index is 11.5. The largest absolute Gasteiger partial charge is 0.443 e. The zero-order valence-corrected chi connectivity index (χ0v) is 8.36. The van der Waals surface area contributed by atoms with Crippen molar-refractivity contribution < 1.29 is 12.8 Å². The molecule has 0 atom stereocenters. The van der Waals surface area contributed by atoms with Gasteiger partial charge in [0.05, 0.1) is 11.0 Å². The van der Waals surface area contributed by atoms with E-state index in [4.69, 9.17) is 9.68 Å². The van der Waals surface area contributed by atoms with Crippen LogP contribution in [0.4, 0.5) is 0 Å². The third-order valence-electron chi connectivity index (χ3n) is 1.92. The lowest BCUT2D eigenvalue weighted by Gasteiger charge is -1.98. The average Bonchev–Trinajstić information content (AvgIpc) is 2.63. The zero-order chi connectivity index (χ0) is 10.9. The third kappa shape index (κ3) is 1.69. The normalized spacial score (nSPS) is 11.4. The number of aromatic nitrogens is 1. The highest BCUT2D eigenvalue weighted by Crippen LogP contribution is 2.18. The fourth-order valence-corrected chi connectivity index (χ4v) is 2.10. The van der Waals surface area contributed by atoms with Crippen LogP contribution in [0.1, 0.15) is 0 Å². The summed E-state index contributed by atoms with van der Waals surface area (Å²) >= 11 is 0. The number of fused-ring (bicyclic) bond motifs is 1. The molecule has 2 aromatic rings. The molecule has 0 radical (unpaired) electrons. The monoisotopic (exact) mass is 222 g/mol. The van der Waals surface area contributed by atoms with Crippen molar-refractivity contribution in [2.45, 2.75) is 4.90 Å². The Bertz CT molecular complexity index is 637. The second-order valence-corrected chi connectivity index (χ2v) is 4.89. The van der Waals surface area contributed by atoms with E-state index < -0.39 is 15.6 Å². The molecule has 0 saturated heterocycles. The summed E-state index contributed by atoms with van der Waals surface area (Å²) in [6, 6.07) is 5.94. The maximum atomic E-state index is 11.5. The summed E-state index contributed by atoms with van der Waals surface area (Å²) in [5.41, 5.74) is 0.986. The van der Waals surface area contributed by atoms with E-state index >= 15 is 0 Å². The van der Waals surface area contributed by atoms with Crippen molar-refractivity contribution in [3.05, 3.63) is 24.6 Å². The molecule has 0 fully saturated rings. The second kappa shape index (κ2) is 3.37. The van der Waals surface area contributed by atoms with E-state index in [-0.39, 0.29) is 4.90 Å². The maximum Gasteiger partial charge on any atom is 0.191 e. The van der Waals surface area contributed by atoms with Crippen molar-refractivity contribution in [3.8, 4) is 6.07 Å². The highest BCUT2D eigenvalue weighted by atomic mass is 32.2. The lowest BCUT2D eigenvalue weighted by atomic mass is 10.3. The van der Waals surface area contributed by atoms with Crippen LogP contribution >= 0.6 is 0 Å². The summed E-state index contributed by atoms with van der Waals surface area (Å²) in [6.07, 6.45) is 1.24. The predicted molar refractivity (Wildman–Crippen MR) is 51.7 cm³/mol. The minimum atomic E-state index is -3.53. The first-order valence-corrected chi connectivity index (χ1v) is 5.72. The minimum Gasteiger partial charge on any atom is -0.443 e. The van der Waals surface area contributed by atoms with Gasteiger partial charge in [-0.2, -0.15) is 5.26 Å². The smallest absolute Gasteiger partial charge is 0.191 e. The number of oxazole rings is 1. The van der Waals surface area contributed by atoms with Gasteiger partial charge in [0.25, 0.3) is 0 Å². The highest BCUT2D eigenvalue weighted by molar-refractivity contribution is 7.91. The van der Waals surface area contributed by atoms with E-state index in [0.29, 0.717) is 11.1 Å². The van der Waals surface area contributed by atoms with E-state index in [0.717, 1.165) is 0 Å². The van der Waals surface area contributed by atoms with Crippen molar-refractivity contribution in [1.82, 2.24) is 4.98 Å². The lowest BCUT2D eigenvalue weighted by Crippen LogP contribution is -2.04. The van der Waals surface area contributed by atoms with Crippen LogP contribution in [-0.4, -0.2) is 19.2 Å². The van der Waals surface area contributed by atoms with E-state index in [2.05, 4.69) is 4.98 Å². The summed E-state index contributed by atoms with van der Waals surface area (Å²) in [5.74, 6) is -0.535. The molecule has 0 unspecified atom stereocenters. The van der Waals surface area contributed by atoms with Gasteiger partial charge in [-0.15, -0.1) is 0 Å². The fourth-order valence-electron chi connectivity index (χ4n) is 1.20. The molecule has 76 valence electrons. The molecule has 6 heteroatoms. The van der Waals surface area contributed by atoms with E-state index in [1.807, 2.05) is 0 Å². The molecular weight excluding hydrogens is 216 g/mol. The summed E-state index contributed by atoms with van der Waals surface area (Å²) in [7, 11) is -3.53. The molecule has 0 aliphatic rings. The molecule has 5 nitrogen and oxygen atoms in total. The van der Waals surface area contributed by atoms with Gasteiger partial charge in [0.15, 0.2) is 21.8 Å². The summed E-state index contributed by atoms with van der Waals surface area (Å²) < 4.78 is 28.0. The Morgan fingerprint density at radius 3 is 3.00 bits per heavy atom. The van der Waals surface area contributed by atoms with Gasteiger partial charge in [0.1, 0.15) is 11.3 Å². The van der Waals surface area contributed by atoms with Crippen molar-refractivity contribution in [2.75, 3.05) is 5.75 Å². The molecule has 15 heavy (non-hydrogen) atoms. The van der Waals surface area contributed by atoms with Gasteiger partial charge in [-0.1, -0.05) is 0 Å². The molecule has 0 N–H and O–H groups in total. The van der Waals surface area contributed by atoms with Gasteiger partial charge in [-0.3, -0.25) is 0 Å². The molecule has 1 heterocycles. The molecular formula is C9H6N2O3S. The number of nitriles is 1. The van der Waals surface area contributed by atoms with E-state index in [1.165, 1.54) is 18.5 Å². The number of hydrogen-bond donors (Lipinski definition) is 0. The van der Waals surface area contributed by atoms with Crippen molar-refractivity contribution in [1.29, 1.82) is 5.26 Å². The van der Waals surface area contributed by atoms with E-state index in [9.17, 15) is 8.42 Å². The third-order valence-corrected chi connectivity index (χ3v) is 3.40. The summed E-state index contributed by atoms with van der Waals surface area (Å²) in [5, 5.41) is 8.37. The Balaban J connectivity index is 2.58. The molecule has 1 aromatic heterocycles. The van der Waals surface area contributed by atoms with Crippen LogP contribution in [-0.2, 0) is 9.84 Å². The molecule has 0 aliphatic carbocycles. The van der Waals surface area contributed by atoms with E-state index in [1.54, 1.807) is 12.1 Å². The average molecular weight is 222 g/mol. The van der Waals surface area contributed by atoms with Crippen LogP contribution in [0.2, 0.25) is 0 Å². The lowest BCUT2D eigenvalue weighted by molar-refractivity contribution is 0.593.